The lowest BCUT2D eigenvalue weighted by Gasteiger charge is -2.18. The topological polar surface area (TPSA) is 47.4 Å². The zero-order chi connectivity index (χ0) is 22.1. The van der Waals surface area contributed by atoms with Crippen LogP contribution in [0.25, 0.3) is 11.3 Å². The second-order valence-electron chi connectivity index (χ2n) is 8.29. The predicted octanol–water partition coefficient (Wildman–Crippen LogP) is 5.06. The van der Waals surface area contributed by atoms with Gasteiger partial charge in [0.05, 0.1) is 24.5 Å². The van der Waals surface area contributed by atoms with Crippen LogP contribution in [0.3, 0.4) is 0 Å². The van der Waals surface area contributed by atoms with E-state index >= 15 is 0 Å². The average Bonchev–Trinajstić information content (AvgIpc) is 3.29. The lowest BCUT2D eigenvalue weighted by Crippen LogP contribution is -2.33. The van der Waals surface area contributed by atoms with Crippen molar-refractivity contribution >= 4 is 17.7 Å². The van der Waals surface area contributed by atoms with E-state index in [1.807, 2.05) is 22.7 Å². The SMILES string of the molecule is COCc1cc(-c2ccc(F)c(C)c2)nn1CC(=O)N1CC2=C(C1)SC(C)=C(C)CC2. The molecule has 1 aromatic heterocycles. The number of nitrogens with zero attached hydrogens (tertiary/aromatic N) is 3. The second kappa shape index (κ2) is 9.01. The van der Waals surface area contributed by atoms with Crippen LogP contribution in [0.15, 0.2) is 45.2 Å². The summed E-state index contributed by atoms with van der Waals surface area (Å²) in [5.74, 6) is -0.191. The highest BCUT2D eigenvalue weighted by Gasteiger charge is 2.28. The lowest BCUT2D eigenvalue weighted by atomic mass is 10.1. The number of benzene rings is 1. The third-order valence-corrected chi connectivity index (χ3v) is 7.36. The van der Waals surface area contributed by atoms with Gasteiger partial charge in [-0.25, -0.2) is 4.39 Å². The summed E-state index contributed by atoms with van der Waals surface area (Å²) < 4.78 is 20.7. The van der Waals surface area contributed by atoms with Gasteiger partial charge < -0.3 is 9.64 Å². The smallest absolute Gasteiger partial charge is 0.244 e. The molecule has 2 aliphatic rings. The molecule has 0 atom stereocenters. The molecule has 5 nitrogen and oxygen atoms in total. The molecule has 0 bridgehead atoms. The Labute approximate surface area is 187 Å². The predicted molar refractivity (Wildman–Crippen MR) is 122 cm³/mol. The number of carbonyl (C=O) groups is 1. The molecular formula is C24H28FN3O2S. The fraction of sp³-hybridized carbons (Fsp3) is 0.417. The van der Waals surface area contributed by atoms with E-state index in [0.717, 1.165) is 24.1 Å². The number of aryl methyl sites for hydroxylation is 1. The molecule has 0 unspecified atom stereocenters. The molecule has 0 radical (unpaired) electrons. The Balaban J connectivity index is 1.50. The number of ether oxygens (including phenoxy) is 1. The van der Waals surface area contributed by atoms with E-state index in [1.165, 1.54) is 27.0 Å². The fourth-order valence-electron chi connectivity index (χ4n) is 3.97. The minimum atomic E-state index is -0.241. The van der Waals surface area contributed by atoms with Crippen molar-refractivity contribution in [3.63, 3.8) is 0 Å². The number of carbonyl (C=O) groups excluding carboxylic acids is 1. The van der Waals surface area contributed by atoms with Crippen LogP contribution in [-0.4, -0.2) is 40.8 Å². The summed E-state index contributed by atoms with van der Waals surface area (Å²) in [6, 6.07) is 6.85. The zero-order valence-electron chi connectivity index (χ0n) is 18.5. The van der Waals surface area contributed by atoms with Crippen LogP contribution < -0.4 is 0 Å². The van der Waals surface area contributed by atoms with Gasteiger partial charge in [0.25, 0.3) is 0 Å². The van der Waals surface area contributed by atoms with Crippen LogP contribution >= 0.6 is 11.8 Å². The number of methoxy groups -OCH3 is 1. The number of hydrogen-bond donors (Lipinski definition) is 0. The molecule has 3 heterocycles. The number of allylic oxidation sites excluding steroid dienone is 2. The fourth-order valence-corrected chi connectivity index (χ4v) is 5.15. The lowest BCUT2D eigenvalue weighted by molar-refractivity contribution is -0.130. The van der Waals surface area contributed by atoms with Crippen LogP contribution in [0.1, 0.15) is 37.9 Å². The molecule has 31 heavy (non-hydrogen) atoms. The molecule has 2 aliphatic heterocycles. The molecular weight excluding hydrogens is 413 g/mol. The van der Waals surface area contributed by atoms with Crippen LogP contribution in [-0.2, 0) is 22.7 Å². The first-order valence-electron chi connectivity index (χ1n) is 10.5. The second-order valence-corrected chi connectivity index (χ2v) is 9.60. The number of halogens is 1. The van der Waals surface area contributed by atoms with Gasteiger partial charge in [0.2, 0.25) is 5.91 Å². The van der Waals surface area contributed by atoms with Crippen molar-refractivity contribution < 1.29 is 13.9 Å². The van der Waals surface area contributed by atoms with E-state index in [0.29, 0.717) is 31.0 Å². The summed E-state index contributed by atoms with van der Waals surface area (Å²) in [6.45, 7) is 7.99. The Morgan fingerprint density at radius 1 is 1.19 bits per heavy atom. The van der Waals surface area contributed by atoms with Crippen molar-refractivity contribution in [1.82, 2.24) is 14.7 Å². The normalized spacial score (nSPS) is 16.7. The van der Waals surface area contributed by atoms with E-state index < -0.39 is 0 Å². The van der Waals surface area contributed by atoms with Crippen molar-refractivity contribution in [2.75, 3.05) is 20.2 Å². The van der Waals surface area contributed by atoms with Crippen molar-refractivity contribution in [2.24, 2.45) is 0 Å². The Kier molecular flexibility index (Phi) is 6.34. The van der Waals surface area contributed by atoms with Crippen molar-refractivity contribution in [3.05, 3.63) is 62.3 Å². The van der Waals surface area contributed by atoms with Crippen molar-refractivity contribution in [1.29, 1.82) is 0 Å². The molecule has 164 valence electrons. The van der Waals surface area contributed by atoms with Gasteiger partial charge in [0.15, 0.2) is 0 Å². The number of thioether (sulfide) groups is 1. The Hall–Kier alpha value is -2.38. The standard InChI is InChI=1S/C24H28FN3O2S/c1-15-5-6-19-11-27(12-23(19)31-17(15)3)24(29)13-28-20(14-30-4)10-22(26-28)18-7-8-21(25)16(2)9-18/h7-10H,5-6,11-14H2,1-4H3. The van der Waals surface area contributed by atoms with Gasteiger partial charge in [-0.1, -0.05) is 17.3 Å². The average molecular weight is 442 g/mol. The van der Waals surface area contributed by atoms with Gasteiger partial charge in [-0.2, -0.15) is 5.10 Å². The molecule has 0 spiro atoms. The van der Waals surface area contributed by atoms with Gasteiger partial charge in [-0.3, -0.25) is 9.48 Å². The van der Waals surface area contributed by atoms with Crippen LogP contribution in [0.2, 0.25) is 0 Å². The maximum absolute atomic E-state index is 13.7. The van der Waals surface area contributed by atoms with E-state index in [9.17, 15) is 9.18 Å². The number of amides is 1. The van der Waals surface area contributed by atoms with E-state index in [-0.39, 0.29) is 18.3 Å². The van der Waals surface area contributed by atoms with E-state index in [4.69, 9.17) is 4.74 Å². The summed E-state index contributed by atoms with van der Waals surface area (Å²) in [6.07, 6.45) is 2.09. The molecule has 4 rings (SSSR count). The first kappa shape index (κ1) is 21.8. The molecule has 7 heteroatoms. The molecule has 0 fully saturated rings. The van der Waals surface area contributed by atoms with Crippen molar-refractivity contribution in [3.8, 4) is 11.3 Å². The van der Waals surface area contributed by atoms with Crippen LogP contribution in [0, 0.1) is 12.7 Å². The molecule has 1 aromatic carbocycles. The Morgan fingerprint density at radius 3 is 2.74 bits per heavy atom. The molecule has 0 N–H and O–H groups in total. The molecule has 1 amide bonds. The van der Waals surface area contributed by atoms with Crippen molar-refractivity contribution in [2.45, 2.75) is 46.8 Å². The highest BCUT2D eigenvalue weighted by Crippen LogP contribution is 2.40. The zero-order valence-corrected chi connectivity index (χ0v) is 19.3. The molecule has 0 saturated carbocycles. The van der Waals surface area contributed by atoms with Crippen LogP contribution in [0.4, 0.5) is 4.39 Å². The third kappa shape index (κ3) is 4.62. The van der Waals surface area contributed by atoms with Crippen LogP contribution in [0.5, 0.6) is 0 Å². The highest BCUT2D eigenvalue weighted by molar-refractivity contribution is 8.06. The number of rotatable bonds is 5. The summed E-state index contributed by atoms with van der Waals surface area (Å²) in [4.78, 5) is 17.7. The summed E-state index contributed by atoms with van der Waals surface area (Å²) in [7, 11) is 1.62. The monoisotopic (exact) mass is 441 g/mol. The Morgan fingerprint density at radius 2 is 2.00 bits per heavy atom. The first-order chi connectivity index (χ1) is 14.9. The van der Waals surface area contributed by atoms with Gasteiger partial charge in [-0.15, -0.1) is 0 Å². The Bertz CT molecular complexity index is 1090. The number of aromatic nitrogens is 2. The maximum atomic E-state index is 13.7. The minimum absolute atomic E-state index is 0.0503. The molecule has 2 aromatic rings. The maximum Gasteiger partial charge on any atom is 0.244 e. The minimum Gasteiger partial charge on any atom is -0.378 e. The largest absolute Gasteiger partial charge is 0.378 e. The van der Waals surface area contributed by atoms with Gasteiger partial charge in [0.1, 0.15) is 12.4 Å². The number of hydrogen-bond acceptors (Lipinski definition) is 4. The summed E-state index contributed by atoms with van der Waals surface area (Å²) >= 11 is 1.82. The summed E-state index contributed by atoms with van der Waals surface area (Å²) in [5.41, 5.74) is 5.76. The first-order valence-corrected chi connectivity index (χ1v) is 11.3. The van der Waals surface area contributed by atoms with Gasteiger partial charge in [-0.05, 0) is 73.9 Å². The highest BCUT2D eigenvalue weighted by atomic mass is 32.2. The quantitative estimate of drug-likeness (QED) is 0.651. The summed E-state index contributed by atoms with van der Waals surface area (Å²) in [5, 5.41) is 4.65. The molecule has 0 aliphatic carbocycles. The van der Waals surface area contributed by atoms with Gasteiger partial charge in [0, 0.05) is 24.1 Å². The van der Waals surface area contributed by atoms with E-state index in [2.05, 4.69) is 18.9 Å². The molecule has 0 saturated heterocycles. The van der Waals surface area contributed by atoms with Gasteiger partial charge >= 0.3 is 0 Å². The third-order valence-electron chi connectivity index (χ3n) is 6.04. The van der Waals surface area contributed by atoms with E-state index in [1.54, 1.807) is 30.8 Å².